The molecule has 5 heteroatoms. The summed E-state index contributed by atoms with van der Waals surface area (Å²) in [6.45, 7) is 5.90. The summed E-state index contributed by atoms with van der Waals surface area (Å²) in [7, 11) is 0. The lowest BCUT2D eigenvalue weighted by Crippen LogP contribution is -1.99. The fourth-order valence-electron chi connectivity index (χ4n) is 1.53. The smallest absolute Gasteiger partial charge is 0.220 e. The maximum absolute atomic E-state index is 8.88. The van der Waals surface area contributed by atoms with Crippen LogP contribution in [0.4, 0.5) is 0 Å². The van der Waals surface area contributed by atoms with Crippen LogP contribution in [0.2, 0.25) is 0 Å². The Labute approximate surface area is 106 Å². The largest absolute Gasteiger partial charge is 0.436 e. The summed E-state index contributed by atoms with van der Waals surface area (Å²) in [4.78, 5) is 4.22. The maximum Gasteiger partial charge on any atom is 0.220 e. The third-order valence-corrected chi connectivity index (χ3v) is 2.39. The van der Waals surface area contributed by atoms with Gasteiger partial charge in [0.1, 0.15) is 0 Å². The molecule has 0 aliphatic rings. The predicted molar refractivity (Wildman–Crippen MR) is 66.4 cm³/mol. The van der Waals surface area contributed by atoms with Crippen molar-refractivity contribution in [1.82, 2.24) is 14.8 Å². The number of aryl methyl sites for hydroxylation is 1. The van der Waals surface area contributed by atoms with Crippen LogP contribution < -0.4 is 4.74 Å². The third-order valence-electron chi connectivity index (χ3n) is 2.39. The molecule has 0 amide bonds. The number of aromatic nitrogens is 3. The van der Waals surface area contributed by atoms with Crippen molar-refractivity contribution >= 4 is 0 Å². The maximum atomic E-state index is 8.88. The summed E-state index contributed by atoms with van der Waals surface area (Å²) < 4.78 is 7.39. The molecule has 0 atom stereocenters. The van der Waals surface area contributed by atoms with Crippen LogP contribution >= 0.6 is 0 Å². The zero-order chi connectivity index (χ0) is 13.1. The molecule has 0 unspecified atom stereocenters. The number of pyridine rings is 1. The lowest BCUT2D eigenvalue weighted by molar-refractivity contribution is 0.457. The molecule has 2 aromatic heterocycles. The van der Waals surface area contributed by atoms with Crippen molar-refractivity contribution in [3.63, 3.8) is 0 Å². The first kappa shape index (κ1) is 12.1. The Hall–Kier alpha value is -2.35. The molecule has 0 aromatic carbocycles. The highest BCUT2D eigenvalue weighted by Gasteiger charge is 2.06. The van der Waals surface area contributed by atoms with E-state index in [1.165, 1.54) is 0 Å². The van der Waals surface area contributed by atoms with Crippen LogP contribution in [-0.4, -0.2) is 14.8 Å². The van der Waals surface area contributed by atoms with Crippen molar-refractivity contribution in [2.24, 2.45) is 0 Å². The molecule has 5 nitrogen and oxygen atoms in total. The molecule has 0 aliphatic carbocycles. The summed E-state index contributed by atoms with van der Waals surface area (Å²) >= 11 is 0. The Kier molecular flexibility index (Phi) is 3.28. The average Bonchev–Trinajstić information content (AvgIpc) is 2.76. The van der Waals surface area contributed by atoms with E-state index in [1.54, 1.807) is 29.2 Å². The predicted octanol–water partition coefficient (Wildman–Crippen LogP) is 2.83. The third kappa shape index (κ3) is 2.66. The second-order valence-electron chi connectivity index (χ2n) is 4.30. The van der Waals surface area contributed by atoms with Crippen molar-refractivity contribution in [2.75, 3.05) is 0 Å². The number of nitrogens with zero attached hydrogens (tertiary/aromatic N) is 4. The van der Waals surface area contributed by atoms with Crippen LogP contribution in [0.1, 0.15) is 31.1 Å². The second kappa shape index (κ2) is 4.88. The molecule has 0 saturated carbocycles. The van der Waals surface area contributed by atoms with Crippen LogP contribution in [0.3, 0.4) is 0 Å². The molecule has 0 bridgehead atoms. The Morgan fingerprint density at radius 1 is 1.39 bits per heavy atom. The minimum absolute atomic E-state index is 0.280. The first-order valence-electron chi connectivity index (χ1n) is 5.69. The van der Waals surface area contributed by atoms with Crippen LogP contribution in [0.5, 0.6) is 11.6 Å². The van der Waals surface area contributed by atoms with Crippen LogP contribution in [0.15, 0.2) is 24.5 Å². The molecule has 0 saturated heterocycles. The number of nitriles is 1. The van der Waals surface area contributed by atoms with E-state index in [1.807, 2.05) is 20.8 Å². The van der Waals surface area contributed by atoms with Gasteiger partial charge in [0.15, 0.2) is 5.75 Å². The zero-order valence-corrected chi connectivity index (χ0v) is 10.6. The van der Waals surface area contributed by atoms with Gasteiger partial charge < -0.3 is 4.74 Å². The molecule has 0 spiro atoms. The van der Waals surface area contributed by atoms with Crippen molar-refractivity contribution in [1.29, 1.82) is 5.26 Å². The summed E-state index contributed by atoms with van der Waals surface area (Å²) in [5, 5.41) is 13.1. The fourth-order valence-corrected chi connectivity index (χ4v) is 1.53. The molecule has 0 N–H and O–H groups in total. The summed E-state index contributed by atoms with van der Waals surface area (Å²) in [6.07, 6.45) is 3.44. The van der Waals surface area contributed by atoms with Gasteiger partial charge in [0, 0.05) is 17.8 Å². The standard InChI is InChI=1S/C13H14N4O/c1-9(2)17-8-12(7-15-17)18-13-5-11(6-14)4-10(3)16-13/h4-5,7-9H,1-3H3. The number of hydrogen-bond acceptors (Lipinski definition) is 4. The van der Waals surface area contributed by atoms with E-state index >= 15 is 0 Å². The minimum Gasteiger partial charge on any atom is -0.436 e. The zero-order valence-electron chi connectivity index (χ0n) is 10.6. The molecule has 18 heavy (non-hydrogen) atoms. The van der Waals surface area contributed by atoms with Gasteiger partial charge in [0.05, 0.1) is 24.0 Å². The van der Waals surface area contributed by atoms with Gasteiger partial charge in [-0.1, -0.05) is 0 Å². The van der Waals surface area contributed by atoms with Gasteiger partial charge in [-0.25, -0.2) is 4.98 Å². The van der Waals surface area contributed by atoms with Crippen molar-refractivity contribution in [3.8, 4) is 17.7 Å². The number of ether oxygens (including phenoxy) is 1. The van der Waals surface area contributed by atoms with E-state index in [-0.39, 0.29) is 6.04 Å². The molecule has 0 aliphatic heterocycles. The molecular formula is C13H14N4O. The Morgan fingerprint density at radius 3 is 2.78 bits per heavy atom. The molecule has 2 heterocycles. The van der Waals surface area contributed by atoms with Crippen LogP contribution in [0, 0.1) is 18.3 Å². The van der Waals surface area contributed by atoms with E-state index in [0.29, 0.717) is 17.2 Å². The van der Waals surface area contributed by atoms with Gasteiger partial charge in [-0.2, -0.15) is 10.4 Å². The van der Waals surface area contributed by atoms with Gasteiger partial charge in [-0.3, -0.25) is 4.68 Å². The first-order valence-corrected chi connectivity index (χ1v) is 5.69. The number of hydrogen-bond donors (Lipinski definition) is 0. The molecule has 2 rings (SSSR count). The van der Waals surface area contributed by atoms with Crippen molar-refractivity contribution < 1.29 is 4.74 Å². The topological polar surface area (TPSA) is 63.7 Å². The van der Waals surface area contributed by atoms with Gasteiger partial charge >= 0.3 is 0 Å². The molecule has 0 fully saturated rings. The Morgan fingerprint density at radius 2 is 2.17 bits per heavy atom. The van der Waals surface area contributed by atoms with E-state index in [0.717, 1.165) is 5.69 Å². The normalized spacial score (nSPS) is 10.4. The quantitative estimate of drug-likeness (QED) is 0.830. The van der Waals surface area contributed by atoms with Crippen LogP contribution in [0.25, 0.3) is 0 Å². The highest BCUT2D eigenvalue weighted by molar-refractivity contribution is 5.35. The van der Waals surface area contributed by atoms with E-state index in [9.17, 15) is 0 Å². The lowest BCUT2D eigenvalue weighted by atomic mass is 10.2. The van der Waals surface area contributed by atoms with E-state index in [2.05, 4.69) is 16.2 Å². The van der Waals surface area contributed by atoms with Crippen LogP contribution in [-0.2, 0) is 0 Å². The molecule has 0 radical (unpaired) electrons. The summed E-state index contributed by atoms with van der Waals surface area (Å²) in [6, 6.07) is 5.68. The fraction of sp³-hybridized carbons (Fsp3) is 0.308. The lowest BCUT2D eigenvalue weighted by Gasteiger charge is -2.04. The first-order chi connectivity index (χ1) is 8.58. The number of rotatable bonds is 3. The molecule has 92 valence electrons. The van der Waals surface area contributed by atoms with Crippen molar-refractivity contribution in [3.05, 3.63) is 35.8 Å². The highest BCUT2D eigenvalue weighted by atomic mass is 16.5. The average molecular weight is 242 g/mol. The second-order valence-corrected chi connectivity index (χ2v) is 4.30. The Balaban J connectivity index is 2.23. The van der Waals surface area contributed by atoms with Gasteiger partial charge in [-0.05, 0) is 26.8 Å². The minimum atomic E-state index is 0.280. The monoisotopic (exact) mass is 242 g/mol. The van der Waals surface area contributed by atoms with E-state index in [4.69, 9.17) is 10.00 Å². The van der Waals surface area contributed by atoms with E-state index < -0.39 is 0 Å². The summed E-state index contributed by atoms with van der Waals surface area (Å²) in [5.41, 5.74) is 1.29. The summed E-state index contributed by atoms with van der Waals surface area (Å²) in [5.74, 6) is 1.03. The van der Waals surface area contributed by atoms with Gasteiger partial charge in [0.2, 0.25) is 5.88 Å². The molecular weight excluding hydrogens is 228 g/mol. The highest BCUT2D eigenvalue weighted by Crippen LogP contribution is 2.21. The molecule has 2 aromatic rings. The van der Waals surface area contributed by atoms with Gasteiger partial charge in [0.25, 0.3) is 0 Å². The van der Waals surface area contributed by atoms with Crippen molar-refractivity contribution in [2.45, 2.75) is 26.8 Å². The SMILES string of the molecule is Cc1cc(C#N)cc(Oc2cnn(C(C)C)c2)n1. The van der Waals surface area contributed by atoms with Gasteiger partial charge in [-0.15, -0.1) is 0 Å². The Bertz CT molecular complexity index is 595.